The van der Waals surface area contributed by atoms with Gasteiger partial charge in [-0.3, -0.25) is 4.79 Å². The summed E-state index contributed by atoms with van der Waals surface area (Å²) in [7, 11) is 1.26. The summed E-state index contributed by atoms with van der Waals surface area (Å²) in [5, 5.41) is 7.45. The highest BCUT2D eigenvalue weighted by atomic mass is 32.1. The normalized spacial score (nSPS) is 11.3. The van der Waals surface area contributed by atoms with Gasteiger partial charge in [-0.15, -0.1) is 22.7 Å². The van der Waals surface area contributed by atoms with Crippen LogP contribution < -0.4 is 5.32 Å². The Hall–Kier alpha value is -2.58. The van der Waals surface area contributed by atoms with Crippen molar-refractivity contribution in [2.45, 2.75) is 25.8 Å². The highest BCUT2D eigenvalue weighted by Gasteiger charge is 2.32. The predicted octanol–water partition coefficient (Wildman–Crippen LogP) is 4.39. The fourth-order valence-corrected chi connectivity index (χ4v) is 4.34. The molecule has 0 aliphatic rings. The number of esters is 1. The lowest BCUT2D eigenvalue weighted by Crippen LogP contribution is -2.40. The standard InChI is InChI=1S/C20H19FN2O3S2/c1-20(2,16-11-28-17(23-16)15-5-4-8-27-15)19(25)22-10-13-9-12(18(24)26-3)6-7-14(13)21/h4-9,11H,10H2,1-3H3,(H,22,25). The van der Waals surface area contributed by atoms with Gasteiger partial charge in [0.05, 0.1) is 28.7 Å². The van der Waals surface area contributed by atoms with Crippen LogP contribution in [0.4, 0.5) is 4.39 Å². The molecule has 3 aromatic rings. The van der Waals surface area contributed by atoms with Crippen LogP contribution in [0.3, 0.4) is 0 Å². The van der Waals surface area contributed by atoms with Crippen molar-refractivity contribution >= 4 is 34.6 Å². The molecule has 0 bridgehead atoms. The number of thiazole rings is 1. The molecule has 0 aliphatic carbocycles. The Bertz CT molecular complexity index is 997. The Morgan fingerprint density at radius 1 is 1.25 bits per heavy atom. The van der Waals surface area contributed by atoms with E-state index in [4.69, 9.17) is 0 Å². The minimum absolute atomic E-state index is 0.0408. The van der Waals surface area contributed by atoms with Crippen LogP contribution in [0.25, 0.3) is 9.88 Å². The number of methoxy groups -OCH3 is 1. The monoisotopic (exact) mass is 418 g/mol. The summed E-state index contributed by atoms with van der Waals surface area (Å²) in [6.07, 6.45) is 0. The van der Waals surface area contributed by atoms with Gasteiger partial charge >= 0.3 is 5.97 Å². The first kappa shape index (κ1) is 20.2. The molecule has 1 amide bonds. The number of carbonyl (C=O) groups excluding carboxylic acids is 2. The van der Waals surface area contributed by atoms with Gasteiger partial charge in [0.15, 0.2) is 0 Å². The maximum Gasteiger partial charge on any atom is 0.337 e. The molecule has 146 valence electrons. The molecule has 0 aliphatic heterocycles. The molecule has 0 spiro atoms. The van der Waals surface area contributed by atoms with Gasteiger partial charge < -0.3 is 10.1 Å². The van der Waals surface area contributed by atoms with E-state index < -0.39 is 17.2 Å². The molecule has 8 heteroatoms. The van der Waals surface area contributed by atoms with Crippen LogP contribution in [0.5, 0.6) is 0 Å². The molecule has 1 N–H and O–H groups in total. The lowest BCUT2D eigenvalue weighted by atomic mass is 9.89. The number of hydrogen-bond donors (Lipinski definition) is 1. The lowest BCUT2D eigenvalue weighted by molar-refractivity contribution is -0.125. The third kappa shape index (κ3) is 4.13. The number of ether oxygens (including phenoxy) is 1. The van der Waals surface area contributed by atoms with Gasteiger partial charge in [-0.2, -0.15) is 0 Å². The largest absolute Gasteiger partial charge is 0.465 e. The van der Waals surface area contributed by atoms with E-state index in [1.54, 1.807) is 25.2 Å². The first-order chi connectivity index (χ1) is 13.3. The Morgan fingerprint density at radius 3 is 2.71 bits per heavy atom. The third-order valence-electron chi connectivity index (χ3n) is 4.35. The zero-order valence-corrected chi connectivity index (χ0v) is 17.2. The fraction of sp³-hybridized carbons (Fsp3) is 0.250. The molecule has 0 fully saturated rings. The zero-order valence-electron chi connectivity index (χ0n) is 15.6. The molecule has 2 heterocycles. The Kier molecular flexibility index (Phi) is 5.90. The molecule has 0 saturated carbocycles. The topological polar surface area (TPSA) is 68.3 Å². The van der Waals surface area contributed by atoms with Crippen LogP contribution in [0.1, 0.15) is 35.5 Å². The second kappa shape index (κ2) is 8.20. The fourth-order valence-electron chi connectivity index (χ4n) is 2.54. The summed E-state index contributed by atoms with van der Waals surface area (Å²) < 4.78 is 18.7. The quantitative estimate of drug-likeness (QED) is 0.603. The Balaban J connectivity index is 1.73. The van der Waals surface area contributed by atoms with Gasteiger partial charge in [0.2, 0.25) is 5.91 Å². The van der Waals surface area contributed by atoms with Gasteiger partial charge in [0.25, 0.3) is 0 Å². The van der Waals surface area contributed by atoms with E-state index in [1.165, 1.54) is 36.6 Å². The van der Waals surface area contributed by atoms with Crippen molar-refractivity contribution in [3.63, 3.8) is 0 Å². The molecule has 0 unspecified atom stereocenters. The molecule has 0 atom stereocenters. The number of benzene rings is 1. The van der Waals surface area contributed by atoms with E-state index in [0.29, 0.717) is 5.69 Å². The Labute approximate surface area is 170 Å². The van der Waals surface area contributed by atoms with Gasteiger partial charge in [0, 0.05) is 17.5 Å². The van der Waals surface area contributed by atoms with Crippen LogP contribution in [-0.2, 0) is 21.5 Å². The van der Waals surface area contributed by atoms with Crippen molar-refractivity contribution in [1.82, 2.24) is 10.3 Å². The average Bonchev–Trinajstić information content (AvgIpc) is 3.37. The number of carbonyl (C=O) groups is 2. The van der Waals surface area contributed by atoms with E-state index in [0.717, 1.165) is 9.88 Å². The molecule has 3 rings (SSSR count). The van der Waals surface area contributed by atoms with Crippen LogP contribution in [0.15, 0.2) is 41.1 Å². The van der Waals surface area contributed by atoms with E-state index >= 15 is 0 Å². The summed E-state index contributed by atoms with van der Waals surface area (Å²) in [4.78, 5) is 30.0. The highest BCUT2D eigenvalue weighted by molar-refractivity contribution is 7.20. The minimum Gasteiger partial charge on any atom is -0.465 e. The van der Waals surface area contributed by atoms with Crippen LogP contribution in [0, 0.1) is 5.82 Å². The lowest BCUT2D eigenvalue weighted by Gasteiger charge is -2.21. The van der Waals surface area contributed by atoms with Crippen LogP contribution in [-0.4, -0.2) is 24.0 Å². The number of halogens is 1. The number of aromatic nitrogens is 1. The third-order valence-corrected chi connectivity index (χ3v) is 6.23. The first-order valence-electron chi connectivity index (χ1n) is 8.48. The summed E-state index contributed by atoms with van der Waals surface area (Å²) >= 11 is 3.07. The number of nitrogens with zero attached hydrogens (tertiary/aromatic N) is 1. The second-order valence-electron chi connectivity index (χ2n) is 6.62. The minimum atomic E-state index is -0.886. The van der Waals surface area contributed by atoms with Crippen molar-refractivity contribution < 1.29 is 18.7 Å². The van der Waals surface area contributed by atoms with Crippen molar-refractivity contribution in [2.75, 3.05) is 7.11 Å². The van der Waals surface area contributed by atoms with Crippen LogP contribution in [0.2, 0.25) is 0 Å². The molecule has 2 aromatic heterocycles. The molecule has 28 heavy (non-hydrogen) atoms. The van der Waals surface area contributed by atoms with E-state index in [1.807, 2.05) is 22.9 Å². The maximum atomic E-state index is 14.1. The SMILES string of the molecule is COC(=O)c1ccc(F)c(CNC(=O)C(C)(C)c2csc(-c3cccs3)n2)c1. The van der Waals surface area contributed by atoms with Gasteiger partial charge in [-0.05, 0) is 43.5 Å². The maximum absolute atomic E-state index is 14.1. The average molecular weight is 419 g/mol. The van der Waals surface area contributed by atoms with Crippen LogP contribution >= 0.6 is 22.7 Å². The van der Waals surface area contributed by atoms with E-state index in [-0.39, 0.29) is 23.6 Å². The molecule has 0 radical (unpaired) electrons. The smallest absolute Gasteiger partial charge is 0.337 e. The molecular weight excluding hydrogens is 399 g/mol. The zero-order chi connectivity index (χ0) is 20.3. The molecular formula is C20H19FN2O3S2. The predicted molar refractivity (Wildman–Crippen MR) is 108 cm³/mol. The number of thiophene rings is 1. The summed E-state index contributed by atoms with van der Waals surface area (Å²) in [5.74, 6) is -1.34. The van der Waals surface area contributed by atoms with Crippen molar-refractivity contribution in [3.8, 4) is 9.88 Å². The number of amides is 1. The first-order valence-corrected chi connectivity index (χ1v) is 10.2. The summed E-state index contributed by atoms with van der Waals surface area (Å²) in [5.41, 5.74) is 0.210. The number of rotatable bonds is 6. The van der Waals surface area contributed by atoms with Crippen molar-refractivity contribution in [2.24, 2.45) is 0 Å². The number of hydrogen-bond acceptors (Lipinski definition) is 6. The van der Waals surface area contributed by atoms with Crippen molar-refractivity contribution in [1.29, 1.82) is 0 Å². The van der Waals surface area contributed by atoms with E-state index in [9.17, 15) is 14.0 Å². The van der Waals surface area contributed by atoms with Gasteiger partial charge in [-0.25, -0.2) is 14.2 Å². The molecule has 0 saturated heterocycles. The molecule has 5 nitrogen and oxygen atoms in total. The van der Waals surface area contributed by atoms with Gasteiger partial charge in [0.1, 0.15) is 10.8 Å². The highest BCUT2D eigenvalue weighted by Crippen LogP contribution is 2.32. The summed E-state index contributed by atoms with van der Waals surface area (Å²) in [6, 6.07) is 7.85. The van der Waals surface area contributed by atoms with Crippen molar-refractivity contribution in [3.05, 3.63) is 63.7 Å². The number of nitrogens with one attached hydrogen (secondary N) is 1. The Morgan fingerprint density at radius 2 is 2.04 bits per heavy atom. The second-order valence-corrected chi connectivity index (χ2v) is 8.43. The summed E-state index contributed by atoms with van der Waals surface area (Å²) in [6.45, 7) is 3.51. The molecule has 1 aromatic carbocycles. The van der Waals surface area contributed by atoms with E-state index in [2.05, 4.69) is 15.0 Å². The van der Waals surface area contributed by atoms with Gasteiger partial charge in [-0.1, -0.05) is 6.07 Å².